The summed E-state index contributed by atoms with van der Waals surface area (Å²) in [7, 11) is 0. The number of nitrogens with zero attached hydrogens (tertiary/aromatic N) is 4. The average Bonchev–Trinajstić information content (AvgIpc) is 2.95. The number of ether oxygens (including phenoxy) is 1. The molecule has 1 fully saturated rings. The molecule has 0 saturated carbocycles. The summed E-state index contributed by atoms with van der Waals surface area (Å²) in [5, 5.41) is 28.5. The number of imidazole rings is 1. The van der Waals surface area contributed by atoms with Crippen molar-refractivity contribution in [2.45, 2.75) is 24.5 Å². The number of aliphatic hydroxyl groups is 3. The van der Waals surface area contributed by atoms with Crippen LogP contribution in [0.5, 0.6) is 0 Å². The zero-order chi connectivity index (χ0) is 12.7. The van der Waals surface area contributed by atoms with Crippen molar-refractivity contribution in [1.82, 2.24) is 19.5 Å². The Labute approximate surface area is 102 Å². The monoisotopic (exact) mass is 252 g/mol. The van der Waals surface area contributed by atoms with Gasteiger partial charge in [0.25, 0.3) is 0 Å². The van der Waals surface area contributed by atoms with Crippen LogP contribution in [0.4, 0.5) is 0 Å². The molecule has 3 aliphatic rings. The zero-order valence-electron chi connectivity index (χ0n) is 9.29. The fourth-order valence-electron chi connectivity index (χ4n) is 2.02. The summed E-state index contributed by atoms with van der Waals surface area (Å²) < 4.78 is 6.87. The average molecular weight is 252 g/mol. The van der Waals surface area contributed by atoms with E-state index in [-0.39, 0.29) is 6.61 Å². The van der Waals surface area contributed by atoms with Gasteiger partial charge in [-0.1, -0.05) is 0 Å². The molecule has 0 aliphatic carbocycles. The number of hydrogen-bond donors (Lipinski definition) is 3. The van der Waals surface area contributed by atoms with Crippen LogP contribution in [0.1, 0.15) is 6.23 Å². The minimum atomic E-state index is -1.13. The number of fused-ring (bicyclic) bond motifs is 1. The van der Waals surface area contributed by atoms with Crippen molar-refractivity contribution in [2.75, 3.05) is 6.61 Å². The first-order chi connectivity index (χ1) is 8.70. The van der Waals surface area contributed by atoms with Crippen molar-refractivity contribution < 1.29 is 20.1 Å². The van der Waals surface area contributed by atoms with Crippen LogP contribution in [-0.2, 0) is 4.74 Å². The number of hydrogen-bond acceptors (Lipinski definition) is 7. The molecule has 96 valence electrons. The van der Waals surface area contributed by atoms with E-state index in [0.717, 1.165) is 0 Å². The van der Waals surface area contributed by atoms with E-state index >= 15 is 0 Å². The summed E-state index contributed by atoms with van der Waals surface area (Å²) >= 11 is 0. The summed E-state index contributed by atoms with van der Waals surface area (Å²) in [6.45, 7) is -0.360. The second kappa shape index (κ2) is 4.25. The molecule has 0 amide bonds. The third-order valence-electron chi connectivity index (χ3n) is 3.00. The van der Waals surface area contributed by atoms with Gasteiger partial charge < -0.3 is 24.6 Å². The molecule has 4 atom stereocenters. The molecule has 3 rings (SSSR count). The van der Waals surface area contributed by atoms with Crippen LogP contribution in [0.2, 0.25) is 0 Å². The van der Waals surface area contributed by atoms with Crippen LogP contribution in [-0.4, -0.2) is 59.8 Å². The Balaban J connectivity index is 1.93. The lowest BCUT2D eigenvalue weighted by molar-refractivity contribution is -0.0534. The molecular weight excluding hydrogens is 240 g/mol. The van der Waals surface area contributed by atoms with E-state index < -0.39 is 24.5 Å². The van der Waals surface area contributed by atoms with Gasteiger partial charge in [-0.05, 0) is 0 Å². The molecule has 1 saturated heterocycles. The topological polar surface area (TPSA) is 114 Å². The number of aliphatic hydroxyl groups excluding tert-OH is 3. The molecule has 1 unspecified atom stereocenters. The van der Waals surface area contributed by atoms with E-state index in [0.29, 0.717) is 11.5 Å². The maximum absolute atomic E-state index is 9.86. The molecular formula is C10H12N4O4. The Kier molecular flexibility index (Phi) is 2.71. The summed E-state index contributed by atoms with van der Waals surface area (Å²) in [5.74, 6) is 0.498. The first-order valence-corrected chi connectivity index (χ1v) is 5.47. The van der Waals surface area contributed by atoms with Crippen molar-refractivity contribution in [3.05, 3.63) is 18.9 Å². The summed E-state index contributed by atoms with van der Waals surface area (Å²) in [5.41, 5.74) is 0.565. The molecule has 0 aromatic rings. The minimum Gasteiger partial charge on any atom is -0.394 e. The lowest BCUT2D eigenvalue weighted by Crippen LogP contribution is -2.33. The standard InChI is InChI=1S/C10H12N4O4/c15-2-6-7(16)8(17)10(18-6)14-1-5-9(13-4-14)12-3-11-5/h1,3-4,6-8,10,15-17H,2H2/t6-,7-,8-,10?/m1/s1. The second-order valence-corrected chi connectivity index (χ2v) is 4.13. The molecule has 0 radical (unpaired) electrons. The molecule has 0 bridgehead atoms. The Morgan fingerprint density at radius 1 is 1.22 bits per heavy atom. The van der Waals surface area contributed by atoms with Crippen LogP contribution in [0.3, 0.4) is 0 Å². The Bertz CT molecular complexity index is 519. The third-order valence-corrected chi connectivity index (χ3v) is 3.00. The van der Waals surface area contributed by atoms with Gasteiger partial charge in [0, 0.05) is 6.20 Å². The molecule has 0 aromatic carbocycles. The lowest BCUT2D eigenvalue weighted by Gasteiger charge is -2.18. The van der Waals surface area contributed by atoms with Gasteiger partial charge in [-0.3, -0.25) is 0 Å². The van der Waals surface area contributed by atoms with Crippen LogP contribution in [0, 0.1) is 0 Å². The number of aromatic nitrogens is 4. The molecule has 8 heteroatoms. The van der Waals surface area contributed by atoms with Gasteiger partial charge in [0.15, 0.2) is 12.1 Å². The predicted molar refractivity (Wildman–Crippen MR) is 57.4 cm³/mol. The van der Waals surface area contributed by atoms with E-state index in [9.17, 15) is 10.2 Å². The van der Waals surface area contributed by atoms with E-state index in [1.54, 1.807) is 6.20 Å². The highest BCUT2D eigenvalue weighted by molar-refractivity contribution is 5.47. The highest BCUT2D eigenvalue weighted by Gasteiger charge is 2.43. The zero-order valence-corrected chi connectivity index (χ0v) is 9.29. The summed E-state index contributed by atoms with van der Waals surface area (Å²) in [4.78, 5) is 12.0. The minimum absolute atomic E-state index is 0.360. The maximum atomic E-state index is 9.86. The Morgan fingerprint density at radius 3 is 2.78 bits per heavy atom. The number of rotatable bonds is 2. The van der Waals surface area contributed by atoms with E-state index in [1.165, 1.54) is 17.2 Å². The van der Waals surface area contributed by atoms with Gasteiger partial charge in [0.05, 0.1) is 12.9 Å². The van der Waals surface area contributed by atoms with Crippen LogP contribution in [0.15, 0.2) is 18.9 Å². The molecule has 18 heavy (non-hydrogen) atoms. The summed E-state index contributed by atoms with van der Waals surface area (Å²) in [6.07, 6.45) is 0.583. The SMILES string of the molecule is OC[C@H]1OC(n2cnc3ncnc-3c2)[C@H](O)[C@@H]1O. The van der Waals surface area contributed by atoms with Crippen molar-refractivity contribution >= 4 is 0 Å². The van der Waals surface area contributed by atoms with E-state index in [4.69, 9.17) is 9.84 Å². The smallest absolute Gasteiger partial charge is 0.182 e. The molecule has 0 aromatic heterocycles. The quantitative estimate of drug-likeness (QED) is 0.589. The van der Waals surface area contributed by atoms with Gasteiger partial charge in [-0.15, -0.1) is 0 Å². The third kappa shape index (κ3) is 1.66. The second-order valence-electron chi connectivity index (χ2n) is 4.13. The van der Waals surface area contributed by atoms with Crippen molar-refractivity contribution in [1.29, 1.82) is 0 Å². The maximum Gasteiger partial charge on any atom is 0.182 e. The molecule has 3 N–H and O–H groups in total. The van der Waals surface area contributed by atoms with Crippen LogP contribution < -0.4 is 0 Å². The largest absolute Gasteiger partial charge is 0.394 e. The highest BCUT2D eigenvalue weighted by atomic mass is 16.6. The van der Waals surface area contributed by atoms with Gasteiger partial charge in [0.1, 0.15) is 30.3 Å². The Hall–Kier alpha value is -1.61. The normalized spacial score (nSPS) is 32.2. The van der Waals surface area contributed by atoms with E-state index in [1.807, 2.05) is 0 Å². The van der Waals surface area contributed by atoms with Gasteiger partial charge >= 0.3 is 0 Å². The first-order valence-electron chi connectivity index (χ1n) is 5.47. The van der Waals surface area contributed by atoms with Crippen LogP contribution >= 0.6 is 0 Å². The fourth-order valence-corrected chi connectivity index (χ4v) is 2.02. The molecule has 3 heterocycles. The predicted octanol–water partition coefficient (Wildman–Crippen LogP) is -1.61. The Morgan fingerprint density at radius 2 is 2.06 bits per heavy atom. The first kappa shape index (κ1) is 11.5. The van der Waals surface area contributed by atoms with Crippen molar-refractivity contribution in [3.63, 3.8) is 0 Å². The van der Waals surface area contributed by atoms with Crippen molar-refractivity contribution in [3.8, 4) is 11.5 Å². The lowest BCUT2D eigenvalue weighted by atomic mass is 10.1. The molecule has 0 spiro atoms. The van der Waals surface area contributed by atoms with Gasteiger partial charge in [-0.2, -0.15) is 0 Å². The fraction of sp³-hybridized carbons (Fsp3) is 0.500. The highest BCUT2D eigenvalue weighted by Crippen LogP contribution is 2.29. The van der Waals surface area contributed by atoms with E-state index in [2.05, 4.69) is 15.0 Å². The summed E-state index contributed by atoms with van der Waals surface area (Å²) in [6, 6.07) is 0. The molecule has 3 aliphatic heterocycles. The van der Waals surface area contributed by atoms with Gasteiger partial charge in [0.2, 0.25) is 0 Å². The van der Waals surface area contributed by atoms with Crippen LogP contribution in [0.25, 0.3) is 11.5 Å². The van der Waals surface area contributed by atoms with Gasteiger partial charge in [-0.25, -0.2) is 15.0 Å². The molecule has 8 nitrogen and oxygen atoms in total. The van der Waals surface area contributed by atoms with Crippen molar-refractivity contribution in [2.24, 2.45) is 0 Å².